The molecule has 0 radical (unpaired) electrons. The minimum Gasteiger partial charge on any atom is -0.489 e. The number of hydrogen-bond acceptors (Lipinski definition) is 4. The molecule has 0 spiro atoms. The van der Waals surface area contributed by atoms with E-state index in [1.807, 2.05) is 30.3 Å². The highest BCUT2D eigenvalue weighted by Gasteiger charge is 2.23. The molecule has 0 N–H and O–H groups in total. The van der Waals surface area contributed by atoms with Crippen LogP contribution in [-0.2, 0) is 22.7 Å². The number of hydrogen-bond donors (Lipinski definition) is 0. The Morgan fingerprint density at radius 1 is 1.00 bits per heavy atom. The Bertz CT molecular complexity index is 819. The van der Waals surface area contributed by atoms with Crippen LogP contribution in [0.5, 0.6) is 5.75 Å². The van der Waals surface area contributed by atoms with E-state index < -0.39 is 0 Å². The third kappa shape index (κ3) is 8.77. The Labute approximate surface area is 206 Å². The zero-order chi connectivity index (χ0) is 24.0. The van der Waals surface area contributed by atoms with Gasteiger partial charge in [-0.1, -0.05) is 69.2 Å². The van der Waals surface area contributed by atoms with E-state index >= 15 is 0 Å². The smallest absolute Gasteiger partial charge is 0.225 e. The molecule has 0 saturated carbocycles. The van der Waals surface area contributed by atoms with E-state index in [2.05, 4.69) is 47.9 Å². The van der Waals surface area contributed by atoms with Crippen LogP contribution < -0.4 is 4.74 Å². The van der Waals surface area contributed by atoms with Gasteiger partial charge < -0.3 is 14.4 Å². The van der Waals surface area contributed by atoms with Crippen LogP contribution in [0.1, 0.15) is 57.1 Å². The van der Waals surface area contributed by atoms with Crippen LogP contribution >= 0.6 is 0 Å². The van der Waals surface area contributed by atoms with Crippen molar-refractivity contribution in [2.75, 3.05) is 39.4 Å². The van der Waals surface area contributed by atoms with E-state index in [4.69, 9.17) is 9.47 Å². The van der Waals surface area contributed by atoms with Crippen molar-refractivity contribution in [3.05, 3.63) is 65.7 Å². The molecule has 1 heterocycles. The Balaban J connectivity index is 1.58. The van der Waals surface area contributed by atoms with Crippen molar-refractivity contribution < 1.29 is 14.3 Å². The molecular weight excluding hydrogens is 424 g/mol. The number of unbranched alkanes of at least 4 members (excludes halogenated alkanes) is 1. The largest absolute Gasteiger partial charge is 0.489 e. The van der Waals surface area contributed by atoms with Crippen LogP contribution in [0, 0.1) is 5.92 Å². The summed E-state index contributed by atoms with van der Waals surface area (Å²) in [5.41, 5.74) is 2.30. The van der Waals surface area contributed by atoms with Crippen LogP contribution in [-0.4, -0.2) is 55.1 Å². The van der Waals surface area contributed by atoms with Gasteiger partial charge in [-0.05, 0) is 42.5 Å². The van der Waals surface area contributed by atoms with Gasteiger partial charge >= 0.3 is 0 Å². The fourth-order valence-corrected chi connectivity index (χ4v) is 4.44. The molecule has 5 heteroatoms. The molecule has 1 aliphatic rings. The van der Waals surface area contributed by atoms with Gasteiger partial charge in [0.05, 0.1) is 13.2 Å². The lowest BCUT2D eigenvalue weighted by Gasteiger charge is -2.30. The second-order valence-corrected chi connectivity index (χ2v) is 9.23. The van der Waals surface area contributed by atoms with Gasteiger partial charge in [-0.15, -0.1) is 0 Å². The molecule has 1 aliphatic heterocycles. The zero-order valence-electron chi connectivity index (χ0n) is 21.1. The Kier molecular flexibility index (Phi) is 11.4. The monoisotopic (exact) mass is 466 g/mol. The van der Waals surface area contributed by atoms with Gasteiger partial charge in [0.15, 0.2) is 0 Å². The number of nitrogens with zero attached hydrogens (tertiary/aromatic N) is 2. The quantitative estimate of drug-likeness (QED) is 0.367. The minimum atomic E-state index is 0.122. The van der Waals surface area contributed by atoms with E-state index in [0.717, 1.165) is 88.4 Å². The lowest BCUT2D eigenvalue weighted by Crippen LogP contribution is -2.40. The molecular formula is C29H42N2O3. The molecule has 1 amide bonds. The third-order valence-electron chi connectivity index (χ3n) is 6.61. The minimum absolute atomic E-state index is 0.122. The highest BCUT2D eigenvalue weighted by atomic mass is 16.5. The number of rotatable bonds is 14. The summed E-state index contributed by atoms with van der Waals surface area (Å²) in [5, 5.41) is 0. The molecule has 5 nitrogen and oxygen atoms in total. The van der Waals surface area contributed by atoms with Crippen molar-refractivity contribution >= 4 is 5.91 Å². The lowest BCUT2D eigenvalue weighted by molar-refractivity contribution is -0.136. The SMILES string of the molecule is CCCCC(CC)C(=O)N(CCCN1CCOCC1)Cc1ccc(OCc2ccccc2)cc1. The first-order valence-corrected chi connectivity index (χ1v) is 13.0. The summed E-state index contributed by atoms with van der Waals surface area (Å²) in [4.78, 5) is 18.0. The number of carbonyl (C=O) groups is 1. The fourth-order valence-electron chi connectivity index (χ4n) is 4.44. The second kappa shape index (κ2) is 14.8. The summed E-state index contributed by atoms with van der Waals surface area (Å²) in [6.45, 7) is 11.0. The first kappa shape index (κ1) is 26.2. The molecule has 0 aliphatic carbocycles. The van der Waals surface area contributed by atoms with Gasteiger partial charge in [-0.3, -0.25) is 9.69 Å². The van der Waals surface area contributed by atoms with E-state index in [9.17, 15) is 4.79 Å². The van der Waals surface area contributed by atoms with Crippen molar-refractivity contribution in [2.45, 2.75) is 59.1 Å². The predicted octanol–water partition coefficient (Wildman–Crippen LogP) is 5.53. The normalized spacial score (nSPS) is 15.1. The zero-order valence-corrected chi connectivity index (χ0v) is 21.1. The number of benzene rings is 2. The average molecular weight is 467 g/mol. The summed E-state index contributed by atoms with van der Waals surface area (Å²) < 4.78 is 11.4. The van der Waals surface area contributed by atoms with Gasteiger partial charge in [-0.25, -0.2) is 0 Å². The second-order valence-electron chi connectivity index (χ2n) is 9.23. The molecule has 2 aromatic carbocycles. The van der Waals surface area contributed by atoms with Crippen molar-refractivity contribution in [3.63, 3.8) is 0 Å². The molecule has 1 atom stereocenters. The Morgan fingerprint density at radius 3 is 2.41 bits per heavy atom. The summed E-state index contributed by atoms with van der Waals surface area (Å²) in [6.07, 6.45) is 5.13. The maximum Gasteiger partial charge on any atom is 0.225 e. The molecule has 1 unspecified atom stereocenters. The lowest BCUT2D eigenvalue weighted by atomic mass is 9.97. The van der Waals surface area contributed by atoms with Crippen LogP contribution in [0.3, 0.4) is 0 Å². The highest BCUT2D eigenvalue weighted by Crippen LogP contribution is 2.20. The van der Waals surface area contributed by atoms with E-state index in [0.29, 0.717) is 19.1 Å². The number of ether oxygens (including phenoxy) is 2. The van der Waals surface area contributed by atoms with Gasteiger partial charge in [0.2, 0.25) is 5.91 Å². The molecule has 1 saturated heterocycles. The molecule has 0 aromatic heterocycles. The molecule has 34 heavy (non-hydrogen) atoms. The summed E-state index contributed by atoms with van der Waals surface area (Å²) in [7, 11) is 0. The number of amides is 1. The molecule has 3 rings (SSSR count). The summed E-state index contributed by atoms with van der Waals surface area (Å²) >= 11 is 0. The van der Waals surface area contributed by atoms with Crippen LogP contribution in [0.2, 0.25) is 0 Å². The van der Waals surface area contributed by atoms with Gasteiger partial charge in [0, 0.05) is 38.6 Å². The van der Waals surface area contributed by atoms with E-state index in [1.54, 1.807) is 0 Å². The average Bonchev–Trinajstić information content (AvgIpc) is 2.89. The maximum atomic E-state index is 13.5. The van der Waals surface area contributed by atoms with Crippen LogP contribution in [0.25, 0.3) is 0 Å². The first-order valence-electron chi connectivity index (χ1n) is 13.0. The van der Waals surface area contributed by atoms with Gasteiger partial charge in [0.25, 0.3) is 0 Å². The van der Waals surface area contributed by atoms with Crippen molar-refractivity contribution in [1.29, 1.82) is 0 Å². The summed E-state index contributed by atoms with van der Waals surface area (Å²) in [6, 6.07) is 18.4. The fraction of sp³-hybridized carbons (Fsp3) is 0.552. The number of morpholine rings is 1. The van der Waals surface area contributed by atoms with Crippen molar-refractivity contribution in [1.82, 2.24) is 9.80 Å². The van der Waals surface area contributed by atoms with Crippen molar-refractivity contribution in [2.24, 2.45) is 5.92 Å². The topological polar surface area (TPSA) is 42.0 Å². The van der Waals surface area contributed by atoms with Gasteiger partial charge in [0.1, 0.15) is 12.4 Å². The molecule has 1 fully saturated rings. The van der Waals surface area contributed by atoms with Crippen LogP contribution in [0.15, 0.2) is 54.6 Å². The van der Waals surface area contributed by atoms with E-state index in [-0.39, 0.29) is 5.92 Å². The van der Waals surface area contributed by atoms with Crippen LogP contribution in [0.4, 0.5) is 0 Å². The third-order valence-corrected chi connectivity index (χ3v) is 6.61. The van der Waals surface area contributed by atoms with E-state index in [1.165, 1.54) is 0 Å². The highest BCUT2D eigenvalue weighted by molar-refractivity contribution is 5.78. The Morgan fingerprint density at radius 2 is 1.74 bits per heavy atom. The standard InChI is InChI=1S/C29H42N2O3/c1-3-5-12-27(4-2)29(32)31(18-9-17-30-19-21-33-22-20-30)23-25-13-15-28(16-14-25)34-24-26-10-7-6-8-11-26/h6-8,10-11,13-16,27H,3-5,9,12,17-24H2,1-2H3. The van der Waals surface area contributed by atoms with Crippen molar-refractivity contribution in [3.8, 4) is 5.75 Å². The molecule has 0 bridgehead atoms. The summed E-state index contributed by atoms with van der Waals surface area (Å²) in [5.74, 6) is 1.28. The maximum absolute atomic E-state index is 13.5. The predicted molar refractivity (Wildman–Crippen MR) is 138 cm³/mol. The first-order chi connectivity index (χ1) is 16.7. The molecule has 2 aromatic rings. The number of carbonyl (C=O) groups excluding carboxylic acids is 1. The molecule has 186 valence electrons. The Hall–Kier alpha value is -2.37. The van der Waals surface area contributed by atoms with Gasteiger partial charge in [-0.2, -0.15) is 0 Å².